The van der Waals surface area contributed by atoms with Gasteiger partial charge in [-0.3, -0.25) is 10.3 Å². The molecular formula is C23H29NO4S. The van der Waals surface area contributed by atoms with Gasteiger partial charge in [0.25, 0.3) is 0 Å². The molecule has 2 rings (SSSR count). The molecule has 29 heavy (non-hydrogen) atoms. The summed E-state index contributed by atoms with van der Waals surface area (Å²) in [5, 5.41) is 9.32. The molecule has 6 heteroatoms. The van der Waals surface area contributed by atoms with E-state index in [1.165, 1.54) is 4.90 Å². The van der Waals surface area contributed by atoms with Gasteiger partial charge in [-0.15, -0.1) is 11.8 Å². The first kappa shape index (κ1) is 22.8. The van der Waals surface area contributed by atoms with Crippen molar-refractivity contribution in [2.45, 2.75) is 44.6 Å². The van der Waals surface area contributed by atoms with E-state index < -0.39 is 11.6 Å². The zero-order valence-electron chi connectivity index (χ0n) is 17.8. The summed E-state index contributed by atoms with van der Waals surface area (Å²) in [6.07, 6.45) is 4.82. The van der Waals surface area contributed by atoms with Gasteiger partial charge in [-0.25, -0.2) is 4.79 Å². The Labute approximate surface area is 177 Å². The van der Waals surface area contributed by atoms with Crippen molar-refractivity contribution in [2.75, 3.05) is 13.4 Å². The highest BCUT2D eigenvalue weighted by molar-refractivity contribution is 7.98. The number of ether oxygens (including phenoxy) is 1. The second-order valence-corrected chi connectivity index (χ2v) is 8.21. The average Bonchev–Trinajstić information content (AvgIpc) is 2.68. The fourth-order valence-corrected chi connectivity index (χ4v) is 3.34. The highest BCUT2D eigenvalue weighted by Gasteiger charge is 2.30. The number of hydroxylamine groups is 1. The Kier molecular flexibility index (Phi) is 7.76. The number of aliphatic carboxylic acids is 1. The summed E-state index contributed by atoms with van der Waals surface area (Å²) in [6, 6.07) is 12.3. The average molecular weight is 416 g/mol. The number of hydrogen-bond acceptors (Lipinski definition) is 5. The van der Waals surface area contributed by atoms with Crippen LogP contribution in [0.2, 0.25) is 0 Å². The standard InChI is InChI=1S/C23H29NO4S/c1-15-13-17(14-16(2)21(15)28-23(3,4)22(25)26)7-12-20(24-27-5)18-8-10-19(29-6)11-9-18/h8-14,24H,7H2,1-6H3,(H,25,26). The van der Waals surface area contributed by atoms with Crippen molar-refractivity contribution in [3.8, 4) is 5.75 Å². The summed E-state index contributed by atoms with van der Waals surface area (Å²) in [7, 11) is 1.59. The number of carboxylic acid groups (broad SMARTS) is 1. The zero-order chi connectivity index (χ0) is 21.6. The molecule has 0 aromatic heterocycles. The van der Waals surface area contributed by atoms with Crippen LogP contribution < -0.4 is 10.2 Å². The Morgan fingerprint density at radius 1 is 1.17 bits per heavy atom. The van der Waals surface area contributed by atoms with E-state index in [2.05, 4.69) is 42.1 Å². The monoisotopic (exact) mass is 415 g/mol. The lowest BCUT2D eigenvalue weighted by atomic mass is 10.0. The van der Waals surface area contributed by atoms with Crippen LogP contribution in [-0.4, -0.2) is 30.0 Å². The Morgan fingerprint density at radius 2 is 1.76 bits per heavy atom. The molecule has 0 atom stereocenters. The SMILES string of the molecule is CONC(=CCc1cc(C)c(OC(C)(C)C(=O)O)c(C)c1)c1ccc(SC)cc1. The van der Waals surface area contributed by atoms with Gasteiger partial charge in [0, 0.05) is 4.90 Å². The number of benzene rings is 2. The highest BCUT2D eigenvalue weighted by atomic mass is 32.2. The van der Waals surface area contributed by atoms with Crippen molar-refractivity contribution in [1.82, 2.24) is 5.48 Å². The van der Waals surface area contributed by atoms with Gasteiger partial charge < -0.3 is 9.84 Å². The maximum Gasteiger partial charge on any atom is 0.347 e. The van der Waals surface area contributed by atoms with Crippen LogP contribution in [0.5, 0.6) is 5.75 Å². The molecule has 0 bridgehead atoms. The molecule has 0 saturated heterocycles. The maximum absolute atomic E-state index is 11.4. The van der Waals surface area contributed by atoms with E-state index in [1.807, 2.05) is 26.0 Å². The van der Waals surface area contributed by atoms with Crippen molar-refractivity contribution < 1.29 is 19.5 Å². The van der Waals surface area contributed by atoms with Crippen LogP contribution in [0.25, 0.3) is 5.70 Å². The number of carboxylic acids is 1. The minimum absolute atomic E-state index is 0.619. The van der Waals surface area contributed by atoms with Crippen LogP contribution in [0.4, 0.5) is 0 Å². The van der Waals surface area contributed by atoms with Gasteiger partial charge >= 0.3 is 5.97 Å². The fraction of sp³-hybridized carbons (Fsp3) is 0.348. The Bertz CT molecular complexity index is 865. The number of nitrogens with one attached hydrogen (secondary N) is 1. The molecule has 0 aliphatic rings. The lowest BCUT2D eigenvalue weighted by Crippen LogP contribution is -2.38. The van der Waals surface area contributed by atoms with Gasteiger partial charge in [-0.1, -0.05) is 30.3 Å². The molecule has 2 aromatic carbocycles. The summed E-state index contributed by atoms with van der Waals surface area (Å²) in [6.45, 7) is 6.97. The molecule has 156 valence electrons. The van der Waals surface area contributed by atoms with Crippen LogP contribution in [-0.2, 0) is 16.1 Å². The van der Waals surface area contributed by atoms with E-state index in [0.717, 1.165) is 28.0 Å². The number of rotatable bonds is 9. The lowest BCUT2D eigenvalue weighted by Gasteiger charge is -2.24. The molecule has 0 heterocycles. The van der Waals surface area contributed by atoms with E-state index in [9.17, 15) is 9.90 Å². The molecule has 0 unspecified atom stereocenters. The van der Waals surface area contributed by atoms with Gasteiger partial charge in [0.1, 0.15) is 5.75 Å². The van der Waals surface area contributed by atoms with Crippen LogP contribution in [0.15, 0.2) is 47.4 Å². The number of thioether (sulfide) groups is 1. The van der Waals surface area contributed by atoms with Crippen molar-refractivity contribution >= 4 is 23.4 Å². The summed E-state index contributed by atoms with van der Waals surface area (Å²) >= 11 is 1.70. The van der Waals surface area contributed by atoms with Crippen molar-refractivity contribution in [2.24, 2.45) is 0 Å². The number of aryl methyl sites for hydroxylation is 2. The molecular weight excluding hydrogens is 386 g/mol. The Balaban J connectivity index is 2.26. The highest BCUT2D eigenvalue weighted by Crippen LogP contribution is 2.29. The summed E-state index contributed by atoms with van der Waals surface area (Å²) in [5.41, 5.74) is 6.54. The molecule has 0 aliphatic carbocycles. The van der Waals surface area contributed by atoms with Crippen LogP contribution in [0.1, 0.15) is 36.1 Å². The van der Waals surface area contributed by atoms with Gasteiger partial charge in [0.2, 0.25) is 0 Å². The first-order valence-electron chi connectivity index (χ1n) is 9.34. The molecule has 0 fully saturated rings. The predicted octanol–water partition coefficient (Wildman–Crippen LogP) is 5.00. The molecule has 0 radical (unpaired) electrons. The summed E-state index contributed by atoms with van der Waals surface area (Å²) in [4.78, 5) is 17.7. The van der Waals surface area contributed by atoms with Crippen molar-refractivity contribution in [1.29, 1.82) is 0 Å². The fourth-order valence-electron chi connectivity index (χ4n) is 2.94. The van der Waals surface area contributed by atoms with Gasteiger partial charge in [0.15, 0.2) is 5.60 Å². The predicted molar refractivity (Wildman–Crippen MR) is 118 cm³/mol. The molecule has 0 aliphatic heterocycles. The number of allylic oxidation sites excluding steroid dienone is 1. The third-order valence-corrected chi connectivity index (χ3v) is 5.29. The first-order valence-corrected chi connectivity index (χ1v) is 10.6. The largest absolute Gasteiger partial charge is 0.478 e. The van der Waals surface area contributed by atoms with Crippen molar-refractivity contribution in [3.63, 3.8) is 0 Å². The van der Waals surface area contributed by atoms with Gasteiger partial charge in [-0.2, -0.15) is 0 Å². The molecule has 5 nitrogen and oxygen atoms in total. The smallest absolute Gasteiger partial charge is 0.347 e. The van der Waals surface area contributed by atoms with E-state index in [4.69, 9.17) is 9.57 Å². The third kappa shape index (κ3) is 6.02. The second kappa shape index (κ2) is 9.85. The molecule has 0 spiro atoms. The van der Waals surface area contributed by atoms with Gasteiger partial charge in [-0.05, 0) is 74.8 Å². The minimum atomic E-state index is -1.28. The van der Waals surface area contributed by atoms with E-state index in [-0.39, 0.29) is 0 Å². The van der Waals surface area contributed by atoms with Crippen molar-refractivity contribution in [3.05, 3.63) is 64.7 Å². The van der Waals surface area contributed by atoms with Crippen LogP contribution in [0.3, 0.4) is 0 Å². The van der Waals surface area contributed by atoms with Crippen LogP contribution >= 0.6 is 11.8 Å². The Morgan fingerprint density at radius 3 is 2.24 bits per heavy atom. The normalized spacial score (nSPS) is 12.0. The lowest BCUT2D eigenvalue weighted by molar-refractivity contribution is -0.152. The zero-order valence-corrected chi connectivity index (χ0v) is 18.6. The maximum atomic E-state index is 11.4. The summed E-state index contributed by atoms with van der Waals surface area (Å²) < 4.78 is 5.79. The Hall–Kier alpha value is -2.44. The quantitative estimate of drug-likeness (QED) is 0.444. The topological polar surface area (TPSA) is 67.8 Å². The second-order valence-electron chi connectivity index (χ2n) is 7.33. The number of hydrogen-bond donors (Lipinski definition) is 2. The molecule has 0 amide bonds. The van der Waals surface area contributed by atoms with Gasteiger partial charge in [0.05, 0.1) is 12.8 Å². The minimum Gasteiger partial charge on any atom is -0.478 e. The summed E-state index contributed by atoms with van der Waals surface area (Å²) in [5.74, 6) is -0.376. The van der Waals surface area contributed by atoms with E-state index in [1.54, 1.807) is 32.7 Å². The molecule has 0 saturated carbocycles. The van der Waals surface area contributed by atoms with E-state index in [0.29, 0.717) is 12.2 Å². The number of carbonyl (C=O) groups is 1. The molecule has 2 N–H and O–H groups in total. The molecule has 2 aromatic rings. The first-order chi connectivity index (χ1) is 13.7. The van der Waals surface area contributed by atoms with Crippen LogP contribution in [0, 0.1) is 13.8 Å². The van der Waals surface area contributed by atoms with E-state index >= 15 is 0 Å². The third-order valence-electron chi connectivity index (χ3n) is 4.55.